The minimum Gasteiger partial charge on any atom is -0.497 e. The van der Waals surface area contributed by atoms with Crippen molar-refractivity contribution < 1.29 is 13.9 Å². The van der Waals surface area contributed by atoms with Gasteiger partial charge < -0.3 is 13.9 Å². The number of ether oxygens (including phenoxy) is 2. The van der Waals surface area contributed by atoms with Gasteiger partial charge in [-0.05, 0) is 35.9 Å². The molecule has 0 fully saturated rings. The predicted molar refractivity (Wildman–Crippen MR) is 84.8 cm³/mol. The lowest BCUT2D eigenvalue weighted by Gasteiger charge is -2.07. The quantitative estimate of drug-likeness (QED) is 0.692. The van der Waals surface area contributed by atoms with Gasteiger partial charge in [0.05, 0.1) is 19.6 Å². The first-order chi connectivity index (χ1) is 10.7. The van der Waals surface area contributed by atoms with Crippen LogP contribution in [0.1, 0.15) is 11.1 Å². The fourth-order valence-electron chi connectivity index (χ4n) is 2.46. The summed E-state index contributed by atoms with van der Waals surface area (Å²) < 4.78 is 15.9. The van der Waals surface area contributed by atoms with Crippen molar-refractivity contribution in [2.45, 2.75) is 6.42 Å². The lowest BCUT2D eigenvalue weighted by molar-refractivity contribution is 0.414. The average molecular weight is 296 g/mol. The molecule has 1 heterocycles. The zero-order valence-electron chi connectivity index (χ0n) is 12.5. The van der Waals surface area contributed by atoms with Gasteiger partial charge in [0.1, 0.15) is 17.1 Å². The largest absolute Gasteiger partial charge is 0.497 e. The minimum absolute atomic E-state index is 0.330. The van der Waals surface area contributed by atoms with Gasteiger partial charge in [0.15, 0.2) is 0 Å². The van der Waals surface area contributed by atoms with Gasteiger partial charge in [-0.25, -0.2) is 4.79 Å². The van der Waals surface area contributed by atoms with E-state index in [1.807, 2.05) is 36.4 Å². The highest BCUT2D eigenvalue weighted by atomic mass is 16.5. The van der Waals surface area contributed by atoms with E-state index in [0.717, 1.165) is 16.7 Å². The van der Waals surface area contributed by atoms with Crippen LogP contribution in [-0.4, -0.2) is 14.2 Å². The van der Waals surface area contributed by atoms with E-state index in [0.29, 0.717) is 23.3 Å². The molecule has 3 aromatic rings. The van der Waals surface area contributed by atoms with Crippen LogP contribution in [0, 0.1) is 0 Å². The second kappa shape index (κ2) is 5.93. The van der Waals surface area contributed by atoms with Gasteiger partial charge in [-0.2, -0.15) is 0 Å². The van der Waals surface area contributed by atoms with Crippen LogP contribution in [0.15, 0.2) is 57.7 Å². The molecule has 3 rings (SSSR count). The first-order valence-corrected chi connectivity index (χ1v) is 6.94. The van der Waals surface area contributed by atoms with E-state index in [1.165, 1.54) is 0 Å². The van der Waals surface area contributed by atoms with Crippen LogP contribution >= 0.6 is 0 Å². The summed E-state index contributed by atoms with van der Waals surface area (Å²) in [4.78, 5) is 12.2. The molecule has 4 heteroatoms. The number of benzene rings is 2. The van der Waals surface area contributed by atoms with Gasteiger partial charge >= 0.3 is 5.63 Å². The van der Waals surface area contributed by atoms with Crippen molar-refractivity contribution >= 4 is 11.0 Å². The molecule has 0 radical (unpaired) electrons. The molecule has 0 aliphatic heterocycles. The van der Waals surface area contributed by atoms with E-state index in [2.05, 4.69) is 0 Å². The van der Waals surface area contributed by atoms with Crippen LogP contribution in [-0.2, 0) is 6.42 Å². The van der Waals surface area contributed by atoms with Gasteiger partial charge in [0, 0.05) is 12.0 Å². The number of hydrogen-bond acceptors (Lipinski definition) is 4. The highest BCUT2D eigenvalue weighted by Crippen LogP contribution is 2.25. The van der Waals surface area contributed by atoms with Crippen molar-refractivity contribution in [2.24, 2.45) is 0 Å². The molecule has 1 aromatic heterocycles. The summed E-state index contributed by atoms with van der Waals surface area (Å²) in [6.07, 6.45) is 0.480. The average Bonchev–Trinajstić information content (AvgIpc) is 2.55. The Bertz CT molecular complexity index is 864. The van der Waals surface area contributed by atoms with Crippen molar-refractivity contribution in [2.75, 3.05) is 14.2 Å². The molecule has 0 saturated heterocycles. The number of rotatable bonds is 4. The first-order valence-electron chi connectivity index (χ1n) is 6.94. The number of methoxy groups -OCH3 is 2. The summed E-state index contributed by atoms with van der Waals surface area (Å²) in [6, 6.07) is 14.9. The van der Waals surface area contributed by atoms with Crippen molar-refractivity contribution in [3.05, 3.63) is 70.1 Å². The van der Waals surface area contributed by atoms with Crippen LogP contribution in [0.5, 0.6) is 11.5 Å². The summed E-state index contributed by atoms with van der Waals surface area (Å²) in [7, 11) is 3.22. The topological polar surface area (TPSA) is 48.7 Å². The third-order valence-corrected chi connectivity index (χ3v) is 3.56. The zero-order chi connectivity index (χ0) is 15.5. The lowest BCUT2D eigenvalue weighted by Crippen LogP contribution is -2.08. The van der Waals surface area contributed by atoms with Crippen LogP contribution < -0.4 is 15.1 Å². The monoisotopic (exact) mass is 296 g/mol. The van der Waals surface area contributed by atoms with Crippen LogP contribution in [0.4, 0.5) is 0 Å². The first kappa shape index (κ1) is 14.2. The third-order valence-electron chi connectivity index (χ3n) is 3.56. The minimum atomic E-state index is -0.330. The van der Waals surface area contributed by atoms with E-state index in [9.17, 15) is 4.79 Å². The smallest absolute Gasteiger partial charge is 0.339 e. The maximum absolute atomic E-state index is 12.2. The van der Waals surface area contributed by atoms with E-state index in [4.69, 9.17) is 13.9 Å². The molecule has 0 unspecified atom stereocenters. The molecule has 0 amide bonds. The molecule has 22 heavy (non-hydrogen) atoms. The summed E-state index contributed by atoms with van der Waals surface area (Å²) in [6.45, 7) is 0. The summed E-state index contributed by atoms with van der Waals surface area (Å²) in [5, 5.41) is 0.794. The molecule has 0 aliphatic carbocycles. The van der Waals surface area contributed by atoms with E-state index in [-0.39, 0.29) is 5.63 Å². The zero-order valence-corrected chi connectivity index (χ0v) is 12.5. The maximum Gasteiger partial charge on any atom is 0.339 e. The second-order valence-electron chi connectivity index (χ2n) is 4.96. The Kier molecular flexibility index (Phi) is 3.83. The summed E-state index contributed by atoms with van der Waals surface area (Å²) in [5.74, 6) is 1.45. The van der Waals surface area contributed by atoms with Crippen molar-refractivity contribution in [1.82, 2.24) is 0 Å². The van der Waals surface area contributed by atoms with E-state index >= 15 is 0 Å². The number of hydrogen-bond donors (Lipinski definition) is 0. The van der Waals surface area contributed by atoms with E-state index < -0.39 is 0 Å². The molecule has 0 bridgehead atoms. The molecular weight excluding hydrogens is 280 g/mol. The third kappa shape index (κ3) is 2.68. The van der Waals surface area contributed by atoms with Gasteiger partial charge in [0.25, 0.3) is 0 Å². The van der Waals surface area contributed by atoms with Crippen molar-refractivity contribution in [3.8, 4) is 11.5 Å². The molecule has 0 atom stereocenters. The fraction of sp³-hybridized carbons (Fsp3) is 0.167. The van der Waals surface area contributed by atoms with Crippen LogP contribution in [0.25, 0.3) is 11.0 Å². The molecule has 0 saturated carbocycles. The summed E-state index contributed by atoms with van der Waals surface area (Å²) >= 11 is 0. The van der Waals surface area contributed by atoms with Crippen molar-refractivity contribution in [1.29, 1.82) is 0 Å². The number of fused-ring (bicyclic) bond motifs is 1. The molecule has 0 aliphatic rings. The van der Waals surface area contributed by atoms with Crippen LogP contribution in [0.2, 0.25) is 0 Å². The Hall–Kier alpha value is -2.75. The van der Waals surface area contributed by atoms with Crippen molar-refractivity contribution in [3.63, 3.8) is 0 Å². The molecule has 0 spiro atoms. The van der Waals surface area contributed by atoms with Gasteiger partial charge in [-0.1, -0.05) is 18.2 Å². The maximum atomic E-state index is 12.2. The molecule has 112 valence electrons. The molecule has 2 aromatic carbocycles. The molecule has 4 nitrogen and oxygen atoms in total. The second-order valence-corrected chi connectivity index (χ2v) is 4.96. The lowest BCUT2D eigenvalue weighted by atomic mass is 10.0. The summed E-state index contributed by atoms with van der Waals surface area (Å²) in [5.41, 5.74) is 1.77. The van der Waals surface area contributed by atoms with E-state index in [1.54, 1.807) is 26.4 Å². The standard InChI is InChI=1S/C18H16O4/c1-20-14-6-3-5-12(10-14)9-13-11-15-16(21-2)7-4-8-17(15)22-18(13)19/h3-8,10-11H,9H2,1-2H3. The Morgan fingerprint density at radius 1 is 1.00 bits per heavy atom. The van der Waals surface area contributed by atoms with Gasteiger partial charge in [-0.15, -0.1) is 0 Å². The normalized spacial score (nSPS) is 10.6. The van der Waals surface area contributed by atoms with Gasteiger partial charge in [-0.3, -0.25) is 0 Å². The Morgan fingerprint density at radius 2 is 1.82 bits per heavy atom. The Labute approximate surface area is 127 Å². The highest BCUT2D eigenvalue weighted by Gasteiger charge is 2.10. The molecule has 0 N–H and O–H groups in total. The predicted octanol–water partition coefficient (Wildman–Crippen LogP) is 3.40. The van der Waals surface area contributed by atoms with Crippen LogP contribution in [0.3, 0.4) is 0 Å². The molecular formula is C18H16O4. The SMILES string of the molecule is COc1cccc(Cc2cc3c(OC)cccc3oc2=O)c1. The highest BCUT2D eigenvalue weighted by molar-refractivity contribution is 5.83. The fourth-order valence-corrected chi connectivity index (χ4v) is 2.46. The Balaban J connectivity index is 2.06. The Morgan fingerprint density at radius 3 is 2.59 bits per heavy atom. The van der Waals surface area contributed by atoms with Gasteiger partial charge in [0.2, 0.25) is 0 Å².